The Morgan fingerprint density at radius 3 is 2.90 bits per heavy atom. The average Bonchev–Trinajstić information content (AvgIpc) is 2.53. The van der Waals surface area contributed by atoms with Crippen molar-refractivity contribution in [3.8, 4) is 17.2 Å². The highest BCUT2D eigenvalue weighted by atomic mass is 16.6. The molecule has 0 unspecified atom stereocenters. The number of fused-ring (bicyclic) bond motifs is 1. The first kappa shape index (κ1) is 14.0. The number of benzene rings is 1. The molecule has 21 heavy (non-hydrogen) atoms. The summed E-state index contributed by atoms with van der Waals surface area (Å²) in [6.07, 6.45) is 2.25. The minimum atomic E-state index is 0.0387. The third-order valence-corrected chi connectivity index (χ3v) is 4.02. The van der Waals surface area contributed by atoms with Crippen molar-refractivity contribution in [3.05, 3.63) is 17.7 Å². The third kappa shape index (κ3) is 2.77. The van der Waals surface area contributed by atoms with Crippen LogP contribution in [0.25, 0.3) is 0 Å². The summed E-state index contributed by atoms with van der Waals surface area (Å²) in [6.45, 7) is 4.81. The van der Waals surface area contributed by atoms with Crippen molar-refractivity contribution in [1.82, 2.24) is 4.90 Å². The second kappa shape index (κ2) is 5.84. The fourth-order valence-electron chi connectivity index (χ4n) is 2.95. The molecule has 3 rings (SSSR count). The summed E-state index contributed by atoms with van der Waals surface area (Å²) in [5, 5.41) is 0. The Bertz CT molecular complexity index is 526. The van der Waals surface area contributed by atoms with E-state index in [2.05, 4.69) is 6.92 Å². The standard InChI is InChI=1S/C16H21NO4/c1-11-4-3-5-17(10-11)16(18)12-8-13(19-2)15-14(9-12)20-6-7-21-15/h8-9,11H,3-7,10H2,1-2H3/t11-/m0/s1. The summed E-state index contributed by atoms with van der Waals surface area (Å²) in [5.41, 5.74) is 0.602. The van der Waals surface area contributed by atoms with Crippen LogP contribution in [0, 0.1) is 5.92 Å². The monoisotopic (exact) mass is 291 g/mol. The van der Waals surface area contributed by atoms with E-state index >= 15 is 0 Å². The normalized spacial score (nSPS) is 21.0. The molecule has 1 aromatic rings. The summed E-state index contributed by atoms with van der Waals surface area (Å²) < 4.78 is 16.5. The van der Waals surface area contributed by atoms with E-state index in [9.17, 15) is 4.79 Å². The molecule has 5 nitrogen and oxygen atoms in total. The maximum atomic E-state index is 12.7. The molecule has 0 bridgehead atoms. The predicted octanol–water partition coefficient (Wildman–Crippen LogP) is 2.34. The summed E-state index contributed by atoms with van der Waals surface area (Å²) in [4.78, 5) is 14.6. The zero-order valence-corrected chi connectivity index (χ0v) is 12.6. The number of hydrogen-bond donors (Lipinski definition) is 0. The van der Waals surface area contributed by atoms with Gasteiger partial charge in [-0.2, -0.15) is 0 Å². The van der Waals surface area contributed by atoms with Gasteiger partial charge >= 0.3 is 0 Å². The lowest BCUT2D eigenvalue weighted by molar-refractivity contribution is 0.0681. The first-order valence-corrected chi connectivity index (χ1v) is 7.46. The van der Waals surface area contributed by atoms with E-state index in [0.717, 1.165) is 19.5 Å². The van der Waals surface area contributed by atoms with Crippen molar-refractivity contribution in [3.63, 3.8) is 0 Å². The van der Waals surface area contributed by atoms with Crippen LogP contribution < -0.4 is 14.2 Å². The molecule has 1 saturated heterocycles. The quantitative estimate of drug-likeness (QED) is 0.839. The predicted molar refractivity (Wildman–Crippen MR) is 78.3 cm³/mol. The number of carbonyl (C=O) groups excluding carboxylic acids is 1. The van der Waals surface area contributed by atoms with E-state index in [1.54, 1.807) is 19.2 Å². The SMILES string of the molecule is COc1cc(C(=O)N2CCC[C@H](C)C2)cc2c1OCCO2. The first-order chi connectivity index (χ1) is 10.2. The topological polar surface area (TPSA) is 48.0 Å². The third-order valence-electron chi connectivity index (χ3n) is 4.02. The Hall–Kier alpha value is -1.91. The largest absolute Gasteiger partial charge is 0.493 e. The van der Waals surface area contributed by atoms with Gasteiger partial charge in [-0.15, -0.1) is 0 Å². The van der Waals surface area contributed by atoms with Gasteiger partial charge in [0.2, 0.25) is 5.75 Å². The molecule has 0 saturated carbocycles. The zero-order chi connectivity index (χ0) is 14.8. The Morgan fingerprint density at radius 1 is 1.33 bits per heavy atom. The van der Waals surface area contributed by atoms with Crippen molar-refractivity contribution < 1.29 is 19.0 Å². The number of amides is 1. The molecule has 1 amide bonds. The second-order valence-electron chi connectivity index (χ2n) is 5.70. The summed E-state index contributed by atoms with van der Waals surface area (Å²) in [7, 11) is 1.57. The zero-order valence-electron chi connectivity index (χ0n) is 12.6. The van der Waals surface area contributed by atoms with E-state index in [0.29, 0.717) is 41.9 Å². The molecule has 0 spiro atoms. The van der Waals surface area contributed by atoms with Crippen LogP contribution in [0.2, 0.25) is 0 Å². The molecule has 0 N–H and O–H groups in total. The lowest BCUT2D eigenvalue weighted by atomic mass is 9.99. The number of ether oxygens (including phenoxy) is 3. The molecule has 1 fully saturated rings. The van der Waals surface area contributed by atoms with Crippen LogP contribution in [0.3, 0.4) is 0 Å². The van der Waals surface area contributed by atoms with Crippen LogP contribution in [0.4, 0.5) is 0 Å². The van der Waals surface area contributed by atoms with Gasteiger partial charge in [0.25, 0.3) is 5.91 Å². The van der Waals surface area contributed by atoms with Gasteiger partial charge in [0.05, 0.1) is 7.11 Å². The maximum absolute atomic E-state index is 12.7. The molecule has 5 heteroatoms. The van der Waals surface area contributed by atoms with Crippen molar-refractivity contribution in [2.24, 2.45) is 5.92 Å². The van der Waals surface area contributed by atoms with E-state index in [1.165, 1.54) is 6.42 Å². The van der Waals surface area contributed by atoms with Crippen LogP contribution >= 0.6 is 0 Å². The van der Waals surface area contributed by atoms with Gasteiger partial charge in [-0.05, 0) is 30.9 Å². The van der Waals surface area contributed by atoms with Gasteiger partial charge in [0.1, 0.15) is 13.2 Å². The Labute approximate surface area is 124 Å². The molecule has 1 aromatic carbocycles. The molecule has 0 aliphatic carbocycles. The Balaban J connectivity index is 1.89. The number of piperidine rings is 1. The van der Waals surface area contributed by atoms with Crippen LogP contribution in [0.5, 0.6) is 17.2 Å². The number of likely N-dealkylation sites (tertiary alicyclic amines) is 1. The molecule has 114 valence electrons. The molecular weight excluding hydrogens is 270 g/mol. The number of rotatable bonds is 2. The lowest BCUT2D eigenvalue weighted by Gasteiger charge is -2.31. The average molecular weight is 291 g/mol. The molecule has 1 atom stereocenters. The van der Waals surface area contributed by atoms with Crippen molar-refractivity contribution >= 4 is 5.91 Å². The Kier molecular flexibility index (Phi) is 3.90. The highest BCUT2D eigenvalue weighted by Crippen LogP contribution is 2.40. The summed E-state index contributed by atoms with van der Waals surface area (Å²) in [5.74, 6) is 2.33. The van der Waals surface area contributed by atoms with Gasteiger partial charge in [0.15, 0.2) is 11.5 Å². The summed E-state index contributed by atoms with van der Waals surface area (Å²) in [6, 6.07) is 3.51. The van der Waals surface area contributed by atoms with Gasteiger partial charge in [0, 0.05) is 18.7 Å². The molecule has 2 heterocycles. The number of methoxy groups -OCH3 is 1. The van der Waals surface area contributed by atoms with Gasteiger partial charge < -0.3 is 19.1 Å². The van der Waals surface area contributed by atoms with Crippen molar-refractivity contribution in [1.29, 1.82) is 0 Å². The highest BCUT2D eigenvalue weighted by Gasteiger charge is 2.26. The van der Waals surface area contributed by atoms with Crippen LogP contribution in [-0.4, -0.2) is 44.2 Å². The van der Waals surface area contributed by atoms with Crippen molar-refractivity contribution in [2.45, 2.75) is 19.8 Å². The minimum absolute atomic E-state index is 0.0387. The van der Waals surface area contributed by atoms with E-state index in [4.69, 9.17) is 14.2 Å². The fourth-order valence-corrected chi connectivity index (χ4v) is 2.95. The minimum Gasteiger partial charge on any atom is -0.493 e. The first-order valence-electron chi connectivity index (χ1n) is 7.46. The molecule has 0 aromatic heterocycles. The molecular formula is C16H21NO4. The van der Waals surface area contributed by atoms with E-state index in [-0.39, 0.29) is 5.91 Å². The fraction of sp³-hybridized carbons (Fsp3) is 0.562. The second-order valence-corrected chi connectivity index (χ2v) is 5.70. The summed E-state index contributed by atoms with van der Waals surface area (Å²) >= 11 is 0. The Morgan fingerprint density at radius 2 is 2.14 bits per heavy atom. The van der Waals surface area contributed by atoms with Gasteiger partial charge in [-0.3, -0.25) is 4.79 Å². The smallest absolute Gasteiger partial charge is 0.254 e. The van der Waals surface area contributed by atoms with E-state index < -0.39 is 0 Å². The number of nitrogens with zero attached hydrogens (tertiary/aromatic N) is 1. The van der Waals surface area contributed by atoms with Crippen molar-refractivity contribution in [2.75, 3.05) is 33.4 Å². The molecule has 2 aliphatic rings. The van der Waals surface area contributed by atoms with Crippen LogP contribution in [0.15, 0.2) is 12.1 Å². The number of carbonyl (C=O) groups is 1. The van der Waals surface area contributed by atoms with E-state index in [1.807, 2.05) is 4.90 Å². The lowest BCUT2D eigenvalue weighted by Crippen LogP contribution is -2.39. The van der Waals surface area contributed by atoms with Crippen LogP contribution in [-0.2, 0) is 0 Å². The van der Waals surface area contributed by atoms with Crippen LogP contribution in [0.1, 0.15) is 30.1 Å². The molecule has 0 radical (unpaired) electrons. The highest BCUT2D eigenvalue weighted by molar-refractivity contribution is 5.95. The van der Waals surface area contributed by atoms with Gasteiger partial charge in [-0.25, -0.2) is 0 Å². The molecule has 2 aliphatic heterocycles. The maximum Gasteiger partial charge on any atom is 0.254 e. The number of hydrogen-bond acceptors (Lipinski definition) is 4. The van der Waals surface area contributed by atoms with Gasteiger partial charge in [-0.1, -0.05) is 6.92 Å².